The maximum absolute atomic E-state index is 12.9. The monoisotopic (exact) mass is 357 g/mol. The van der Waals surface area contributed by atoms with E-state index < -0.39 is 0 Å². The minimum absolute atomic E-state index is 0.0125. The molecule has 6 rings (SSSR count). The first kappa shape index (κ1) is 16.3. The Bertz CT molecular complexity index is 751. The third-order valence-electron chi connectivity index (χ3n) is 6.80. The summed E-state index contributed by atoms with van der Waals surface area (Å²) in [6.45, 7) is 3.45. The molecule has 1 aromatic heterocycles. The lowest BCUT2D eigenvalue weighted by atomic mass is 9.77. The Morgan fingerprint density at radius 2 is 2.12 bits per heavy atom. The van der Waals surface area contributed by atoms with Crippen LogP contribution in [0.5, 0.6) is 0 Å². The first-order chi connectivity index (χ1) is 12.5. The number of fused-ring (bicyclic) bond motifs is 2. The second kappa shape index (κ2) is 5.81. The molecule has 2 bridgehead atoms. The molecule has 3 saturated heterocycles. The average Bonchev–Trinajstić information content (AvgIpc) is 3.34. The fraction of sp³-hybridized carbons (Fsp3) is 0.737. The zero-order valence-electron chi connectivity index (χ0n) is 15.4. The van der Waals surface area contributed by atoms with E-state index >= 15 is 0 Å². The highest BCUT2D eigenvalue weighted by Crippen LogP contribution is 2.45. The third kappa shape index (κ3) is 2.47. The van der Waals surface area contributed by atoms with Crippen molar-refractivity contribution in [2.75, 3.05) is 26.7 Å². The minimum atomic E-state index is -0.217. The van der Waals surface area contributed by atoms with Crippen molar-refractivity contribution in [1.82, 2.24) is 24.9 Å². The van der Waals surface area contributed by atoms with Crippen molar-refractivity contribution in [3.8, 4) is 0 Å². The highest BCUT2D eigenvalue weighted by molar-refractivity contribution is 5.96. The Kier molecular flexibility index (Phi) is 3.64. The number of aromatic nitrogens is 2. The van der Waals surface area contributed by atoms with Gasteiger partial charge in [0.15, 0.2) is 0 Å². The first-order valence-corrected chi connectivity index (χ1v) is 9.91. The maximum atomic E-state index is 12.9. The Hall–Kier alpha value is -1.89. The van der Waals surface area contributed by atoms with Crippen LogP contribution in [0, 0.1) is 5.92 Å². The number of aryl methyl sites for hydroxylation is 1. The zero-order valence-corrected chi connectivity index (χ0v) is 15.4. The van der Waals surface area contributed by atoms with Gasteiger partial charge in [0.05, 0.1) is 28.9 Å². The molecule has 1 atom stereocenters. The molecule has 7 heteroatoms. The van der Waals surface area contributed by atoms with E-state index in [1.807, 2.05) is 9.58 Å². The number of rotatable bonds is 3. The van der Waals surface area contributed by atoms with Crippen molar-refractivity contribution in [2.45, 2.75) is 56.7 Å². The highest BCUT2D eigenvalue weighted by atomic mass is 16.2. The van der Waals surface area contributed by atoms with Gasteiger partial charge in [0.25, 0.3) is 5.91 Å². The summed E-state index contributed by atoms with van der Waals surface area (Å²) in [6.07, 6.45) is 7.66. The van der Waals surface area contributed by atoms with Gasteiger partial charge in [-0.1, -0.05) is 0 Å². The van der Waals surface area contributed by atoms with Crippen molar-refractivity contribution in [3.05, 3.63) is 17.5 Å². The molecule has 7 nitrogen and oxygen atoms in total. The lowest BCUT2D eigenvalue weighted by Crippen LogP contribution is -2.55. The highest BCUT2D eigenvalue weighted by Gasteiger charge is 2.58. The number of carbonyl (C=O) groups excluding carboxylic acids is 2. The van der Waals surface area contributed by atoms with Gasteiger partial charge in [0.2, 0.25) is 5.91 Å². The molecule has 0 aromatic carbocycles. The molecule has 4 fully saturated rings. The van der Waals surface area contributed by atoms with E-state index in [4.69, 9.17) is 0 Å². The second-order valence-electron chi connectivity index (χ2n) is 8.70. The Morgan fingerprint density at radius 1 is 1.27 bits per heavy atom. The van der Waals surface area contributed by atoms with Gasteiger partial charge in [-0.2, -0.15) is 5.10 Å². The maximum Gasteiger partial charge on any atom is 0.255 e. The topological polar surface area (TPSA) is 70.5 Å². The van der Waals surface area contributed by atoms with Crippen molar-refractivity contribution >= 4 is 11.8 Å². The van der Waals surface area contributed by atoms with Crippen LogP contribution < -0.4 is 5.32 Å². The van der Waals surface area contributed by atoms with E-state index in [-0.39, 0.29) is 23.3 Å². The van der Waals surface area contributed by atoms with Crippen LogP contribution in [0.4, 0.5) is 0 Å². The molecule has 5 heterocycles. The molecule has 0 unspecified atom stereocenters. The quantitative estimate of drug-likeness (QED) is 0.862. The Morgan fingerprint density at radius 3 is 2.88 bits per heavy atom. The smallest absolute Gasteiger partial charge is 0.255 e. The fourth-order valence-corrected chi connectivity index (χ4v) is 5.34. The van der Waals surface area contributed by atoms with Crippen LogP contribution in [0.1, 0.15) is 48.2 Å². The molecular weight excluding hydrogens is 330 g/mol. The van der Waals surface area contributed by atoms with Crippen molar-refractivity contribution in [1.29, 1.82) is 0 Å². The van der Waals surface area contributed by atoms with Crippen molar-refractivity contribution in [2.24, 2.45) is 5.92 Å². The molecular formula is C19H27N5O2. The molecule has 4 aliphatic heterocycles. The van der Waals surface area contributed by atoms with E-state index in [9.17, 15) is 9.59 Å². The van der Waals surface area contributed by atoms with Gasteiger partial charge in [-0.25, -0.2) is 0 Å². The van der Waals surface area contributed by atoms with Gasteiger partial charge in [0.1, 0.15) is 0 Å². The standard InChI is InChI=1S/C19H27N5O2/c1-22-7-5-13(11-22)18(26)23-12-19(8-14(23)9-19)21-17(25)15-10-20-24-6-3-2-4-16(15)24/h10,13-14H,2-9,11-12H2,1H3,(H,21,25)/t13-,14?,19?/m0/s1. The molecule has 0 spiro atoms. The van der Waals surface area contributed by atoms with E-state index in [0.717, 1.165) is 69.4 Å². The summed E-state index contributed by atoms with van der Waals surface area (Å²) >= 11 is 0. The van der Waals surface area contributed by atoms with Gasteiger partial charge >= 0.3 is 0 Å². The molecule has 2 amide bonds. The summed E-state index contributed by atoms with van der Waals surface area (Å²) in [4.78, 5) is 30.0. The van der Waals surface area contributed by atoms with Gasteiger partial charge in [-0.3, -0.25) is 14.3 Å². The number of likely N-dealkylation sites (tertiary alicyclic amines) is 1. The predicted octanol–water partition coefficient (Wildman–Crippen LogP) is 0.644. The van der Waals surface area contributed by atoms with Crippen LogP contribution in [0.25, 0.3) is 0 Å². The summed E-state index contributed by atoms with van der Waals surface area (Å²) in [6, 6.07) is 0.315. The molecule has 1 aromatic rings. The number of nitrogens with one attached hydrogen (secondary N) is 1. The van der Waals surface area contributed by atoms with E-state index in [1.165, 1.54) is 0 Å². The van der Waals surface area contributed by atoms with Gasteiger partial charge in [-0.05, 0) is 52.1 Å². The van der Waals surface area contributed by atoms with E-state index in [1.54, 1.807) is 6.20 Å². The van der Waals surface area contributed by atoms with Crippen molar-refractivity contribution < 1.29 is 9.59 Å². The summed E-state index contributed by atoms with van der Waals surface area (Å²) in [5.74, 6) is 0.409. The normalized spacial score (nSPS) is 33.0. The van der Waals surface area contributed by atoms with Crippen LogP contribution in [0.15, 0.2) is 6.20 Å². The second-order valence-corrected chi connectivity index (χ2v) is 8.70. The van der Waals surface area contributed by atoms with Crippen molar-refractivity contribution in [3.63, 3.8) is 0 Å². The molecule has 5 aliphatic rings. The van der Waals surface area contributed by atoms with Gasteiger partial charge < -0.3 is 15.1 Å². The minimum Gasteiger partial charge on any atom is -0.345 e. The Labute approximate surface area is 153 Å². The number of nitrogens with zero attached hydrogens (tertiary/aromatic N) is 4. The van der Waals surface area contributed by atoms with Crippen LogP contribution in [0.2, 0.25) is 0 Å². The molecule has 140 valence electrons. The molecule has 26 heavy (non-hydrogen) atoms. The lowest BCUT2D eigenvalue weighted by Gasteiger charge is -2.37. The SMILES string of the molecule is CN1CC[C@H](C(=O)N2CC3(NC(=O)c4cnn5c4CCCC5)CC2C3)C1. The fourth-order valence-electron chi connectivity index (χ4n) is 5.34. The summed E-state index contributed by atoms with van der Waals surface area (Å²) in [7, 11) is 2.07. The van der Waals surface area contributed by atoms with Crippen LogP contribution in [-0.4, -0.2) is 69.7 Å². The van der Waals surface area contributed by atoms with Crippen LogP contribution in [-0.2, 0) is 17.8 Å². The number of carbonyl (C=O) groups is 2. The summed E-state index contributed by atoms with van der Waals surface area (Å²) in [5.41, 5.74) is 1.58. The molecule has 0 radical (unpaired) electrons. The number of hydrogen-bond donors (Lipinski definition) is 1. The van der Waals surface area contributed by atoms with Gasteiger partial charge in [0, 0.05) is 25.7 Å². The number of hydrogen-bond acceptors (Lipinski definition) is 4. The lowest BCUT2D eigenvalue weighted by molar-refractivity contribution is -0.135. The van der Waals surface area contributed by atoms with Crippen LogP contribution >= 0.6 is 0 Å². The zero-order chi connectivity index (χ0) is 17.9. The van der Waals surface area contributed by atoms with Crippen LogP contribution in [0.3, 0.4) is 0 Å². The van der Waals surface area contributed by atoms with E-state index in [2.05, 4.69) is 22.4 Å². The molecule has 1 N–H and O–H groups in total. The third-order valence-corrected chi connectivity index (χ3v) is 6.80. The molecule has 1 aliphatic carbocycles. The Balaban J connectivity index is 1.26. The summed E-state index contributed by atoms with van der Waals surface area (Å²) in [5, 5.41) is 7.64. The number of amides is 2. The summed E-state index contributed by atoms with van der Waals surface area (Å²) < 4.78 is 1.97. The predicted molar refractivity (Wildman–Crippen MR) is 95.7 cm³/mol. The first-order valence-electron chi connectivity index (χ1n) is 9.91. The largest absolute Gasteiger partial charge is 0.345 e. The van der Waals surface area contributed by atoms with E-state index in [0.29, 0.717) is 12.6 Å². The molecule has 1 saturated carbocycles. The van der Waals surface area contributed by atoms with Gasteiger partial charge in [-0.15, -0.1) is 0 Å². The average molecular weight is 357 g/mol.